The molecule has 0 unspecified atom stereocenters. The molecule has 1 atom stereocenters. The Morgan fingerprint density at radius 2 is 1.91 bits per heavy atom. The number of hydrogen-bond donors (Lipinski definition) is 0. The van der Waals surface area contributed by atoms with E-state index in [1.807, 2.05) is 6.92 Å². The predicted octanol–water partition coefficient (Wildman–Crippen LogP) is 2.23. The van der Waals surface area contributed by atoms with Crippen LogP contribution in [-0.4, -0.2) is 25.4 Å². The molecule has 0 amide bonds. The van der Waals surface area contributed by atoms with Gasteiger partial charge in [0.15, 0.2) is 0 Å². The van der Waals surface area contributed by atoms with Crippen molar-refractivity contribution >= 4 is 0 Å². The zero-order valence-corrected chi connectivity index (χ0v) is 8.31. The summed E-state index contributed by atoms with van der Waals surface area (Å²) < 4.78 is 10.7. The number of rotatable bonds is 5. The minimum absolute atomic E-state index is 0.0514. The van der Waals surface area contributed by atoms with Crippen LogP contribution in [-0.2, 0) is 9.47 Å². The van der Waals surface area contributed by atoms with E-state index in [2.05, 4.69) is 20.8 Å². The molecule has 0 aromatic rings. The summed E-state index contributed by atoms with van der Waals surface area (Å²) in [6.07, 6.45) is 1.22. The lowest BCUT2D eigenvalue weighted by Crippen LogP contribution is -2.29. The molecular weight excluding hydrogens is 140 g/mol. The molecule has 0 aliphatic rings. The predicted molar refractivity (Wildman–Crippen MR) is 46.8 cm³/mol. The van der Waals surface area contributed by atoms with E-state index in [4.69, 9.17) is 9.47 Å². The molecule has 0 aromatic carbocycles. The molecule has 0 aromatic heterocycles. The van der Waals surface area contributed by atoms with Gasteiger partial charge < -0.3 is 9.47 Å². The first kappa shape index (κ1) is 10.9. The molecule has 0 radical (unpaired) electrons. The molecule has 0 aliphatic carbocycles. The Morgan fingerprint density at radius 1 is 1.36 bits per heavy atom. The molecule has 0 rings (SSSR count). The van der Waals surface area contributed by atoms with Gasteiger partial charge in [-0.05, 0) is 27.7 Å². The highest BCUT2D eigenvalue weighted by molar-refractivity contribution is 4.71. The van der Waals surface area contributed by atoms with Crippen LogP contribution in [0.1, 0.15) is 34.1 Å². The first-order valence-electron chi connectivity index (χ1n) is 4.18. The van der Waals surface area contributed by atoms with E-state index in [0.717, 1.165) is 13.0 Å². The quantitative estimate of drug-likeness (QED) is 0.614. The lowest BCUT2D eigenvalue weighted by molar-refractivity contribution is -0.0481. The molecule has 2 heteroatoms. The maximum Gasteiger partial charge on any atom is 0.0650 e. The molecule has 0 N–H and O–H groups in total. The van der Waals surface area contributed by atoms with E-state index in [-0.39, 0.29) is 11.7 Å². The third kappa shape index (κ3) is 5.22. The smallest absolute Gasteiger partial charge is 0.0650 e. The topological polar surface area (TPSA) is 18.5 Å². The second-order valence-electron chi connectivity index (χ2n) is 3.44. The van der Waals surface area contributed by atoms with Gasteiger partial charge >= 0.3 is 0 Å². The highest BCUT2D eigenvalue weighted by atomic mass is 16.5. The van der Waals surface area contributed by atoms with Gasteiger partial charge in [0.25, 0.3) is 0 Å². The third-order valence-electron chi connectivity index (χ3n) is 1.72. The second kappa shape index (κ2) is 4.73. The Hall–Kier alpha value is -0.0800. The van der Waals surface area contributed by atoms with Crippen molar-refractivity contribution in [2.75, 3.05) is 13.7 Å². The molecule has 2 nitrogen and oxygen atoms in total. The molecule has 0 heterocycles. The van der Waals surface area contributed by atoms with Crippen LogP contribution in [0.3, 0.4) is 0 Å². The molecule has 0 saturated carbocycles. The summed E-state index contributed by atoms with van der Waals surface area (Å²) in [4.78, 5) is 0. The Bertz CT molecular complexity index is 99.7. The van der Waals surface area contributed by atoms with Gasteiger partial charge in [0, 0.05) is 20.1 Å². The monoisotopic (exact) mass is 160 g/mol. The highest BCUT2D eigenvalue weighted by Crippen LogP contribution is 2.17. The fraction of sp³-hybridized carbons (Fsp3) is 1.00. The largest absolute Gasteiger partial charge is 0.382 e. The molecule has 68 valence electrons. The van der Waals surface area contributed by atoms with Crippen LogP contribution in [0.25, 0.3) is 0 Å². The van der Waals surface area contributed by atoms with Crippen LogP contribution >= 0.6 is 0 Å². The summed E-state index contributed by atoms with van der Waals surface area (Å²) >= 11 is 0. The van der Waals surface area contributed by atoms with Crippen LogP contribution < -0.4 is 0 Å². The van der Waals surface area contributed by atoms with Crippen LogP contribution in [0.2, 0.25) is 0 Å². The molecule has 0 saturated heterocycles. The van der Waals surface area contributed by atoms with Crippen molar-refractivity contribution < 1.29 is 9.47 Å². The van der Waals surface area contributed by atoms with Gasteiger partial charge in [-0.25, -0.2) is 0 Å². The average Bonchev–Trinajstić information content (AvgIpc) is 1.86. The summed E-state index contributed by atoms with van der Waals surface area (Å²) in [5.74, 6) is 0. The summed E-state index contributed by atoms with van der Waals surface area (Å²) in [7, 11) is 1.73. The van der Waals surface area contributed by atoms with E-state index < -0.39 is 0 Å². The maximum atomic E-state index is 5.52. The van der Waals surface area contributed by atoms with Gasteiger partial charge in [-0.2, -0.15) is 0 Å². The zero-order chi connectivity index (χ0) is 8.91. The van der Waals surface area contributed by atoms with Crippen molar-refractivity contribution in [3.63, 3.8) is 0 Å². The molecule has 0 bridgehead atoms. The van der Waals surface area contributed by atoms with E-state index in [0.29, 0.717) is 0 Å². The van der Waals surface area contributed by atoms with Crippen molar-refractivity contribution in [3.8, 4) is 0 Å². The summed E-state index contributed by atoms with van der Waals surface area (Å²) in [6.45, 7) is 9.02. The fourth-order valence-electron chi connectivity index (χ4n) is 1.23. The van der Waals surface area contributed by atoms with E-state index in [1.54, 1.807) is 7.11 Å². The zero-order valence-electron chi connectivity index (χ0n) is 8.31. The van der Waals surface area contributed by atoms with E-state index in [9.17, 15) is 0 Å². The van der Waals surface area contributed by atoms with Crippen LogP contribution in [0.15, 0.2) is 0 Å². The normalized spacial score (nSPS) is 15.0. The Morgan fingerprint density at radius 3 is 2.27 bits per heavy atom. The Balaban J connectivity index is 3.70. The number of ether oxygens (including phenoxy) is 2. The van der Waals surface area contributed by atoms with Crippen molar-refractivity contribution in [2.24, 2.45) is 0 Å². The van der Waals surface area contributed by atoms with Crippen molar-refractivity contribution in [2.45, 2.75) is 45.8 Å². The summed E-state index contributed by atoms with van der Waals surface area (Å²) in [5.41, 5.74) is -0.0514. The second-order valence-corrected chi connectivity index (χ2v) is 3.44. The highest BCUT2D eigenvalue weighted by Gasteiger charge is 2.20. The number of methoxy groups -OCH3 is 1. The lowest BCUT2D eigenvalue weighted by Gasteiger charge is -2.27. The summed E-state index contributed by atoms with van der Waals surface area (Å²) in [6, 6.07) is 0. The molecule has 0 spiro atoms. The summed E-state index contributed by atoms with van der Waals surface area (Å²) in [5, 5.41) is 0. The first-order valence-corrected chi connectivity index (χ1v) is 4.18. The van der Waals surface area contributed by atoms with E-state index in [1.165, 1.54) is 0 Å². The number of hydrogen-bond acceptors (Lipinski definition) is 2. The SMILES string of the molecule is CCOC(C)(C)C[C@H](C)OC. The van der Waals surface area contributed by atoms with Gasteiger partial charge in [-0.3, -0.25) is 0 Å². The molecule has 0 aliphatic heterocycles. The maximum absolute atomic E-state index is 5.52. The van der Waals surface area contributed by atoms with Crippen LogP contribution in [0.5, 0.6) is 0 Å². The van der Waals surface area contributed by atoms with Crippen molar-refractivity contribution in [1.29, 1.82) is 0 Å². The van der Waals surface area contributed by atoms with Gasteiger partial charge in [-0.15, -0.1) is 0 Å². The van der Waals surface area contributed by atoms with Crippen LogP contribution in [0.4, 0.5) is 0 Å². The Kier molecular flexibility index (Phi) is 4.69. The molecule has 11 heavy (non-hydrogen) atoms. The fourth-order valence-corrected chi connectivity index (χ4v) is 1.23. The minimum atomic E-state index is -0.0514. The lowest BCUT2D eigenvalue weighted by atomic mass is 10.0. The van der Waals surface area contributed by atoms with Gasteiger partial charge in [0.05, 0.1) is 11.7 Å². The van der Waals surface area contributed by atoms with Crippen LogP contribution in [0, 0.1) is 0 Å². The van der Waals surface area contributed by atoms with E-state index >= 15 is 0 Å². The van der Waals surface area contributed by atoms with Crippen molar-refractivity contribution in [3.05, 3.63) is 0 Å². The first-order chi connectivity index (χ1) is 5.02. The van der Waals surface area contributed by atoms with Gasteiger partial charge in [0.1, 0.15) is 0 Å². The van der Waals surface area contributed by atoms with Gasteiger partial charge in [-0.1, -0.05) is 0 Å². The third-order valence-corrected chi connectivity index (χ3v) is 1.72. The average molecular weight is 160 g/mol. The minimum Gasteiger partial charge on any atom is -0.382 e. The Labute approximate surface area is 69.9 Å². The van der Waals surface area contributed by atoms with Crippen molar-refractivity contribution in [1.82, 2.24) is 0 Å². The molecular formula is C9H20O2. The van der Waals surface area contributed by atoms with Gasteiger partial charge in [0.2, 0.25) is 0 Å². The molecule has 0 fully saturated rings. The standard InChI is InChI=1S/C9H20O2/c1-6-11-9(3,4)7-8(2)10-5/h8H,6-7H2,1-5H3/t8-/m0/s1.